The fraction of sp³-hybridized carbons (Fsp3) is 0.0476. The van der Waals surface area contributed by atoms with Gasteiger partial charge < -0.3 is 0 Å². The van der Waals surface area contributed by atoms with E-state index in [0.717, 1.165) is 17.4 Å². The standard InChI is InChI=1S/C21H14F2N4O2S/c22-18-7-4-8-19(23)17(18)13-30-21-25-24-20(26(21)15-5-2-1-3-6-15)14-9-11-16(12-10-14)27(28)29/h1-12H,13H2. The van der Waals surface area contributed by atoms with Gasteiger partial charge in [0.2, 0.25) is 0 Å². The van der Waals surface area contributed by atoms with Crippen molar-refractivity contribution in [2.75, 3.05) is 0 Å². The normalized spacial score (nSPS) is 10.9. The van der Waals surface area contributed by atoms with Crippen LogP contribution in [0.2, 0.25) is 0 Å². The van der Waals surface area contributed by atoms with Crippen molar-refractivity contribution < 1.29 is 13.7 Å². The third-order valence-corrected chi connectivity index (χ3v) is 5.35. The SMILES string of the molecule is O=[N+]([O-])c1ccc(-c2nnc(SCc3c(F)cccc3F)n2-c2ccccc2)cc1. The number of non-ortho nitro benzene ring substituents is 1. The average Bonchev–Trinajstić information content (AvgIpc) is 3.18. The molecule has 0 spiro atoms. The van der Waals surface area contributed by atoms with Gasteiger partial charge in [-0.25, -0.2) is 8.78 Å². The number of aromatic nitrogens is 3. The quantitative estimate of drug-likeness (QED) is 0.235. The first-order chi connectivity index (χ1) is 14.5. The van der Waals surface area contributed by atoms with Crippen LogP contribution < -0.4 is 0 Å². The molecule has 0 aliphatic rings. The molecule has 150 valence electrons. The number of para-hydroxylation sites is 1. The Kier molecular flexibility index (Phi) is 5.53. The smallest absolute Gasteiger partial charge is 0.269 e. The van der Waals surface area contributed by atoms with Gasteiger partial charge in [-0.05, 0) is 36.4 Å². The Morgan fingerprint density at radius 1 is 0.900 bits per heavy atom. The summed E-state index contributed by atoms with van der Waals surface area (Å²) in [5.41, 5.74) is 1.31. The maximum absolute atomic E-state index is 14.0. The van der Waals surface area contributed by atoms with E-state index < -0.39 is 16.6 Å². The topological polar surface area (TPSA) is 73.8 Å². The second kappa shape index (κ2) is 8.42. The van der Waals surface area contributed by atoms with Crippen molar-refractivity contribution in [2.24, 2.45) is 0 Å². The van der Waals surface area contributed by atoms with Crippen molar-refractivity contribution >= 4 is 17.4 Å². The van der Waals surface area contributed by atoms with Gasteiger partial charge in [-0.1, -0.05) is 36.0 Å². The monoisotopic (exact) mass is 424 g/mol. The molecular weight excluding hydrogens is 410 g/mol. The second-order valence-electron chi connectivity index (χ2n) is 6.27. The van der Waals surface area contributed by atoms with Crippen molar-refractivity contribution in [3.8, 4) is 17.1 Å². The van der Waals surface area contributed by atoms with Crippen LogP contribution in [0, 0.1) is 21.7 Å². The summed E-state index contributed by atoms with van der Waals surface area (Å²) in [4.78, 5) is 10.4. The van der Waals surface area contributed by atoms with Crippen LogP contribution in [0.1, 0.15) is 5.56 Å². The molecule has 0 unspecified atom stereocenters. The molecule has 4 rings (SSSR count). The van der Waals surface area contributed by atoms with E-state index in [0.29, 0.717) is 16.5 Å². The summed E-state index contributed by atoms with van der Waals surface area (Å²) in [6.45, 7) is 0. The minimum Gasteiger partial charge on any atom is -0.270 e. The minimum absolute atomic E-state index is 0.0315. The van der Waals surface area contributed by atoms with E-state index in [2.05, 4.69) is 10.2 Å². The highest BCUT2D eigenvalue weighted by Gasteiger charge is 2.18. The zero-order valence-electron chi connectivity index (χ0n) is 15.4. The summed E-state index contributed by atoms with van der Waals surface area (Å²) in [6, 6.07) is 19.0. The third-order valence-electron chi connectivity index (χ3n) is 4.39. The van der Waals surface area contributed by atoms with Crippen molar-refractivity contribution in [3.05, 3.63) is 100 Å². The van der Waals surface area contributed by atoms with Gasteiger partial charge in [-0.15, -0.1) is 10.2 Å². The molecule has 1 heterocycles. The van der Waals surface area contributed by atoms with E-state index in [1.807, 2.05) is 30.3 Å². The molecule has 0 amide bonds. The van der Waals surface area contributed by atoms with Crippen molar-refractivity contribution in [3.63, 3.8) is 0 Å². The number of hydrogen-bond acceptors (Lipinski definition) is 5. The van der Waals surface area contributed by atoms with Crippen LogP contribution in [-0.4, -0.2) is 19.7 Å². The van der Waals surface area contributed by atoms with Crippen LogP contribution in [0.15, 0.2) is 78.0 Å². The minimum atomic E-state index is -0.621. The maximum Gasteiger partial charge on any atom is 0.269 e. The number of hydrogen-bond donors (Lipinski definition) is 0. The molecule has 0 aliphatic heterocycles. The molecular formula is C21H14F2N4O2S. The lowest BCUT2D eigenvalue weighted by atomic mass is 10.2. The molecule has 0 fully saturated rings. The van der Waals surface area contributed by atoms with Gasteiger partial charge in [0.1, 0.15) is 11.6 Å². The molecule has 0 atom stereocenters. The van der Waals surface area contributed by atoms with E-state index in [-0.39, 0.29) is 17.0 Å². The van der Waals surface area contributed by atoms with Gasteiger partial charge in [-0.2, -0.15) is 0 Å². The highest BCUT2D eigenvalue weighted by molar-refractivity contribution is 7.98. The van der Waals surface area contributed by atoms with Gasteiger partial charge in [0.25, 0.3) is 5.69 Å². The van der Waals surface area contributed by atoms with Gasteiger partial charge in [-0.3, -0.25) is 14.7 Å². The van der Waals surface area contributed by atoms with Crippen molar-refractivity contribution in [1.82, 2.24) is 14.8 Å². The summed E-state index contributed by atoms with van der Waals surface area (Å²) >= 11 is 1.15. The number of halogens is 2. The maximum atomic E-state index is 14.0. The Morgan fingerprint density at radius 3 is 2.20 bits per heavy atom. The summed E-state index contributed by atoms with van der Waals surface area (Å²) in [7, 11) is 0. The lowest BCUT2D eigenvalue weighted by Crippen LogP contribution is -2.00. The lowest BCUT2D eigenvalue weighted by molar-refractivity contribution is -0.384. The average molecular weight is 424 g/mol. The van der Waals surface area contributed by atoms with Crippen LogP contribution >= 0.6 is 11.8 Å². The molecule has 9 heteroatoms. The number of nitro groups is 1. The number of thioether (sulfide) groups is 1. The van der Waals surface area contributed by atoms with Crippen molar-refractivity contribution in [1.29, 1.82) is 0 Å². The summed E-state index contributed by atoms with van der Waals surface area (Å²) in [5, 5.41) is 19.8. The fourth-order valence-corrected chi connectivity index (χ4v) is 3.87. The first kappa shape index (κ1) is 19.7. The number of nitrogens with zero attached hydrogens (tertiary/aromatic N) is 4. The second-order valence-corrected chi connectivity index (χ2v) is 7.21. The molecule has 3 aromatic carbocycles. The van der Waals surface area contributed by atoms with Gasteiger partial charge in [0, 0.05) is 34.7 Å². The molecule has 30 heavy (non-hydrogen) atoms. The van der Waals surface area contributed by atoms with E-state index in [4.69, 9.17) is 0 Å². The highest BCUT2D eigenvalue weighted by atomic mass is 32.2. The first-order valence-electron chi connectivity index (χ1n) is 8.86. The molecule has 0 saturated carbocycles. The van der Waals surface area contributed by atoms with E-state index >= 15 is 0 Å². The first-order valence-corrected chi connectivity index (χ1v) is 9.84. The predicted molar refractivity (Wildman–Crippen MR) is 109 cm³/mol. The van der Waals surface area contributed by atoms with Crippen LogP contribution in [-0.2, 0) is 5.75 Å². The van der Waals surface area contributed by atoms with E-state index in [1.54, 1.807) is 16.7 Å². The number of benzene rings is 3. The third kappa shape index (κ3) is 3.92. The lowest BCUT2D eigenvalue weighted by Gasteiger charge is -2.11. The summed E-state index contributed by atoms with van der Waals surface area (Å²) in [5.74, 6) is -0.746. The molecule has 0 aliphatic carbocycles. The summed E-state index contributed by atoms with van der Waals surface area (Å²) in [6.07, 6.45) is 0. The molecule has 0 bridgehead atoms. The predicted octanol–water partition coefficient (Wildman–Crippen LogP) is 5.41. The zero-order valence-corrected chi connectivity index (χ0v) is 16.2. The molecule has 1 aromatic heterocycles. The highest BCUT2D eigenvalue weighted by Crippen LogP contribution is 2.31. The van der Waals surface area contributed by atoms with E-state index in [1.165, 1.54) is 30.3 Å². The summed E-state index contributed by atoms with van der Waals surface area (Å²) < 4.78 is 29.8. The van der Waals surface area contributed by atoms with Crippen LogP contribution in [0.3, 0.4) is 0 Å². The van der Waals surface area contributed by atoms with Crippen LogP contribution in [0.5, 0.6) is 0 Å². The van der Waals surface area contributed by atoms with Gasteiger partial charge in [0.15, 0.2) is 11.0 Å². The zero-order chi connectivity index (χ0) is 21.1. The molecule has 0 saturated heterocycles. The number of rotatable bonds is 6. The Bertz CT molecular complexity index is 1180. The molecule has 0 radical (unpaired) electrons. The fourth-order valence-electron chi connectivity index (χ4n) is 2.90. The Morgan fingerprint density at radius 2 is 1.57 bits per heavy atom. The Hall–Kier alpha value is -3.59. The van der Waals surface area contributed by atoms with Crippen molar-refractivity contribution in [2.45, 2.75) is 10.9 Å². The van der Waals surface area contributed by atoms with Crippen LogP contribution in [0.4, 0.5) is 14.5 Å². The Labute approximate surface area is 174 Å². The van der Waals surface area contributed by atoms with Gasteiger partial charge >= 0.3 is 0 Å². The van der Waals surface area contributed by atoms with E-state index in [9.17, 15) is 18.9 Å². The Balaban J connectivity index is 1.73. The largest absolute Gasteiger partial charge is 0.270 e. The molecule has 6 nitrogen and oxygen atoms in total. The van der Waals surface area contributed by atoms with Gasteiger partial charge in [0.05, 0.1) is 4.92 Å². The number of nitro benzene ring substituents is 1. The van der Waals surface area contributed by atoms with Crippen LogP contribution in [0.25, 0.3) is 17.1 Å². The molecule has 0 N–H and O–H groups in total. The molecule has 4 aromatic rings.